The molecule has 0 radical (unpaired) electrons. The van der Waals surface area contributed by atoms with Crippen molar-refractivity contribution in [3.05, 3.63) is 28.0 Å². The van der Waals surface area contributed by atoms with Crippen LogP contribution >= 0.6 is 15.9 Å². The first-order valence-corrected chi connectivity index (χ1v) is 5.17. The topological polar surface area (TPSA) is 63.0 Å². The monoisotopic (exact) mass is 268 g/mol. The van der Waals surface area contributed by atoms with Crippen molar-refractivity contribution in [2.24, 2.45) is 0 Å². The van der Waals surface area contributed by atoms with Gasteiger partial charge >= 0.3 is 5.97 Å². The molecule has 0 aromatic carbocycles. The Morgan fingerprint density at radius 1 is 1.67 bits per heavy atom. The van der Waals surface area contributed by atoms with Crippen LogP contribution in [-0.4, -0.2) is 17.6 Å². The summed E-state index contributed by atoms with van der Waals surface area (Å²) in [4.78, 5) is 15.1. The van der Waals surface area contributed by atoms with Crippen LogP contribution in [0.25, 0.3) is 0 Å². The van der Waals surface area contributed by atoms with Crippen molar-refractivity contribution in [1.82, 2.24) is 4.98 Å². The van der Waals surface area contributed by atoms with Crippen LogP contribution in [0, 0.1) is 11.3 Å². The Morgan fingerprint density at radius 3 is 3.00 bits per heavy atom. The van der Waals surface area contributed by atoms with E-state index in [2.05, 4.69) is 20.9 Å². The van der Waals surface area contributed by atoms with Gasteiger partial charge in [-0.25, -0.2) is 4.98 Å². The zero-order valence-electron chi connectivity index (χ0n) is 8.16. The third kappa shape index (κ3) is 3.33. The molecular formula is C10H9BrN2O2. The first-order chi connectivity index (χ1) is 7.17. The van der Waals surface area contributed by atoms with Gasteiger partial charge in [0.1, 0.15) is 6.07 Å². The van der Waals surface area contributed by atoms with Crippen molar-refractivity contribution in [2.45, 2.75) is 13.3 Å². The van der Waals surface area contributed by atoms with E-state index in [1.165, 1.54) is 0 Å². The molecular weight excluding hydrogens is 260 g/mol. The lowest BCUT2D eigenvalue weighted by Gasteiger charge is -2.02. The van der Waals surface area contributed by atoms with Crippen LogP contribution < -0.4 is 0 Å². The van der Waals surface area contributed by atoms with E-state index >= 15 is 0 Å². The molecule has 1 aromatic rings. The van der Waals surface area contributed by atoms with Crippen molar-refractivity contribution in [3.63, 3.8) is 0 Å². The van der Waals surface area contributed by atoms with Gasteiger partial charge in [-0.1, -0.05) is 0 Å². The van der Waals surface area contributed by atoms with Crippen LogP contribution in [0.5, 0.6) is 0 Å². The van der Waals surface area contributed by atoms with Gasteiger partial charge < -0.3 is 4.74 Å². The molecule has 0 aliphatic heterocycles. The lowest BCUT2D eigenvalue weighted by atomic mass is 10.2. The van der Waals surface area contributed by atoms with Crippen LogP contribution in [0.2, 0.25) is 0 Å². The third-order valence-corrected chi connectivity index (χ3v) is 2.28. The SMILES string of the molecule is CCOC(=O)Cc1ccc(Br)c(C#N)n1. The van der Waals surface area contributed by atoms with E-state index in [9.17, 15) is 4.79 Å². The van der Waals surface area contributed by atoms with Gasteiger partial charge in [0.05, 0.1) is 23.2 Å². The molecule has 0 unspecified atom stereocenters. The summed E-state index contributed by atoms with van der Waals surface area (Å²) < 4.78 is 5.40. The van der Waals surface area contributed by atoms with Gasteiger partial charge in [0.25, 0.3) is 0 Å². The summed E-state index contributed by atoms with van der Waals surface area (Å²) in [6, 6.07) is 5.31. The summed E-state index contributed by atoms with van der Waals surface area (Å²) in [5.74, 6) is -0.337. The molecule has 0 spiro atoms. The summed E-state index contributed by atoms with van der Waals surface area (Å²) in [6.45, 7) is 2.09. The lowest BCUT2D eigenvalue weighted by molar-refractivity contribution is -0.142. The molecule has 0 saturated carbocycles. The predicted molar refractivity (Wildman–Crippen MR) is 57.0 cm³/mol. The molecule has 4 nitrogen and oxygen atoms in total. The van der Waals surface area contributed by atoms with Gasteiger partial charge in [0.15, 0.2) is 5.69 Å². The molecule has 1 heterocycles. The summed E-state index contributed by atoms with van der Waals surface area (Å²) in [6.07, 6.45) is 0.0931. The second-order valence-electron chi connectivity index (χ2n) is 2.73. The zero-order valence-corrected chi connectivity index (χ0v) is 9.74. The highest BCUT2D eigenvalue weighted by atomic mass is 79.9. The number of hydrogen-bond acceptors (Lipinski definition) is 4. The second-order valence-corrected chi connectivity index (χ2v) is 3.58. The van der Waals surface area contributed by atoms with Gasteiger partial charge in [-0.05, 0) is 35.0 Å². The standard InChI is InChI=1S/C10H9BrN2O2/c1-2-15-10(14)5-7-3-4-8(11)9(6-12)13-7/h3-4H,2,5H2,1H3. The first-order valence-electron chi connectivity index (χ1n) is 4.38. The largest absolute Gasteiger partial charge is 0.466 e. The Labute approximate surface area is 96.0 Å². The summed E-state index contributed by atoms with van der Waals surface area (Å²) in [5.41, 5.74) is 0.810. The van der Waals surface area contributed by atoms with Crippen LogP contribution in [0.1, 0.15) is 18.3 Å². The molecule has 0 aliphatic carbocycles. The highest BCUT2D eigenvalue weighted by molar-refractivity contribution is 9.10. The Balaban J connectivity index is 2.80. The minimum Gasteiger partial charge on any atom is -0.466 e. The number of ether oxygens (including phenoxy) is 1. The smallest absolute Gasteiger partial charge is 0.311 e. The Hall–Kier alpha value is -1.41. The zero-order chi connectivity index (χ0) is 11.3. The van der Waals surface area contributed by atoms with Crippen molar-refractivity contribution >= 4 is 21.9 Å². The Morgan fingerprint density at radius 2 is 2.40 bits per heavy atom. The summed E-state index contributed by atoms with van der Waals surface area (Å²) in [7, 11) is 0. The third-order valence-electron chi connectivity index (χ3n) is 1.64. The average Bonchev–Trinajstić information content (AvgIpc) is 2.21. The molecule has 5 heteroatoms. The van der Waals surface area contributed by atoms with E-state index in [4.69, 9.17) is 10.00 Å². The average molecular weight is 269 g/mol. The molecule has 0 amide bonds. The number of carbonyl (C=O) groups is 1. The molecule has 0 aliphatic rings. The number of nitrogens with zero attached hydrogens (tertiary/aromatic N) is 2. The first kappa shape index (κ1) is 11.7. The maximum atomic E-state index is 11.1. The van der Waals surface area contributed by atoms with Gasteiger partial charge in [0.2, 0.25) is 0 Å². The molecule has 15 heavy (non-hydrogen) atoms. The number of hydrogen-bond donors (Lipinski definition) is 0. The van der Waals surface area contributed by atoms with Gasteiger partial charge in [0, 0.05) is 0 Å². The molecule has 0 saturated heterocycles. The molecule has 0 bridgehead atoms. The molecule has 0 fully saturated rings. The van der Waals surface area contributed by atoms with Gasteiger partial charge in [-0.15, -0.1) is 0 Å². The van der Waals surface area contributed by atoms with Crippen molar-refractivity contribution < 1.29 is 9.53 Å². The highest BCUT2D eigenvalue weighted by Crippen LogP contribution is 2.14. The quantitative estimate of drug-likeness (QED) is 0.785. The van der Waals surface area contributed by atoms with E-state index in [-0.39, 0.29) is 18.1 Å². The van der Waals surface area contributed by atoms with Crippen molar-refractivity contribution in [2.75, 3.05) is 6.61 Å². The number of nitriles is 1. The number of rotatable bonds is 3. The molecule has 0 N–H and O–H groups in total. The van der Waals surface area contributed by atoms with Crippen molar-refractivity contribution in [1.29, 1.82) is 5.26 Å². The van der Waals surface area contributed by atoms with Crippen LogP contribution in [0.4, 0.5) is 0 Å². The fraction of sp³-hybridized carbons (Fsp3) is 0.300. The minimum atomic E-state index is -0.337. The number of carbonyl (C=O) groups excluding carboxylic acids is 1. The normalized spacial score (nSPS) is 9.40. The minimum absolute atomic E-state index is 0.0931. The van der Waals surface area contributed by atoms with Crippen LogP contribution in [0.3, 0.4) is 0 Å². The lowest BCUT2D eigenvalue weighted by Crippen LogP contribution is -2.09. The molecule has 78 valence electrons. The van der Waals surface area contributed by atoms with Gasteiger partial charge in [-0.3, -0.25) is 4.79 Å². The van der Waals surface area contributed by atoms with Crippen LogP contribution in [0.15, 0.2) is 16.6 Å². The van der Waals surface area contributed by atoms with Crippen LogP contribution in [-0.2, 0) is 16.0 Å². The Kier molecular flexibility index (Phi) is 4.25. The highest BCUT2D eigenvalue weighted by Gasteiger charge is 2.07. The number of pyridine rings is 1. The number of esters is 1. The van der Waals surface area contributed by atoms with Gasteiger partial charge in [-0.2, -0.15) is 5.26 Å². The maximum absolute atomic E-state index is 11.1. The fourth-order valence-corrected chi connectivity index (χ4v) is 1.33. The summed E-state index contributed by atoms with van der Waals surface area (Å²) in [5, 5.41) is 8.72. The Bertz CT molecular complexity index is 412. The fourth-order valence-electron chi connectivity index (χ4n) is 1.02. The van der Waals surface area contributed by atoms with E-state index < -0.39 is 0 Å². The molecule has 0 atom stereocenters. The van der Waals surface area contributed by atoms with Crippen molar-refractivity contribution in [3.8, 4) is 6.07 Å². The maximum Gasteiger partial charge on any atom is 0.311 e. The van der Waals surface area contributed by atoms with E-state index in [0.717, 1.165) is 0 Å². The summed E-state index contributed by atoms with van der Waals surface area (Å²) >= 11 is 3.19. The molecule has 1 rings (SSSR count). The second kappa shape index (κ2) is 5.47. The molecule has 1 aromatic heterocycles. The van der Waals surface area contributed by atoms with E-state index in [1.54, 1.807) is 19.1 Å². The number of halogens is 1. The predicted octanol–water partition coefficient (Wildman–Crippen LogP) is 1.82. The van der Waals surface area contributed by atoms with E-state index in [1.807, 2.05) is 6.07 Å². The van der Waals surface area contributed by atoms with E-state index in [0.29, 0.717) is 16.8 Å². The number of aromatic nitrogens is 1.